The van der Waals surface area contributed by atoms with Gasteiger partial charge >= 0.3 is 5.97 Å². The summed E-state index contributed by atoms with van der Waals surface area (Å²) in [6, 6.07) is 9.01. The van der Waals surface area contributed by atoms with Crippen molar-refractivity contribution in [2.45, 2.75) is 39.2 Å². The first-order valence-electron chi connectivity index (χ1n) is 8.76. The number of hydrogen-bond donors (Lipinski definition) is 1. The van der Waals surface area contributed by atoms with Crippen LogP contribution < -0.4 is 5.32 Å². The summed E-state index contributed by atoms with van der Waals surface area (Å²) in [6.45, 7) is 3.82. The standard InChI is InChI=1S/C20H22ClNO3S/c1-12-3-8-17-15(9-12)10-18(26-17)20(24)25-11-19(23)22-13(2)14-4-6-16(21)7-5-14/h4-7,10,12-13H,3,8-9,11H2,1-2H3,(H,22,23)/t12-,13+/m0/s1. The fraction of sp³-hybridized carbons (Fsp3) is 0.400. The van der Waals surface area contributed by atoms with Crippen LogP contribution in [0.5, 0.6) is 0 Å². The second kappa shape index (κ2) is 8.23. The second-order valence-corrected chi connectivity index (χ2v) is 8.40. The lowest BCUT2D eigenvalue weighted by atomic mass is 9.90. The lowest BCUT2D eigenvalue weighted by Crippen LogP contribution is -2.31. The maximum absolute atomic E-state index is 12.2. The maximum atomic E-state index is 12.2. The quantitative estimate of drug-likeness (QED) is 0.760. The molecular weight excluding hydrogens is 370 g/mol. The van der Waals surface area contributed by atoms with Crippen LogP contribution in [0.3, 0.4) is 0 Å². The Kier molecular flexibility index (Phi) is 5.99. The highest BCUT2D eigenvalue weighted by Gasteiger charge is 2.22. The molecule has 4 nitrogen and oxygen atoms in total. The van der Waals surface area contributed by atoms with Gasteiger partial charge in [0, 0.05) is 9.90 Å². The number of hydrogen-bond acceptors (Lipinski definition) is 4. The molecule has 2 aromatic rings. The zero-order valence-electron chi connectivity index (χ0n) is 14.9. The Labute approximate surface area is 162 Å². The van der Waals surface area contributed by atoms with Gasteiger partial charge in [0.15, 0.2) is 6.61 Å². The van der Waals surface area contributed by atoms with E-state index in [9.17, 15) is 9.59 Å². The first kappa shape index (κ1) is 18.9. The van der Waals surface area contributed by atoms with Crippen LogP contribution in [0.2, 0.25) is 5.02 Å². The summed E-state index contributed by atoms with van der Waals surface area (Å²) in [5, 5.41) is 3.47. The molecule has 0 saturated carbocycles. The summed E-state index contributed by atoms with van der Waals surface area (Å²) >= 11 is 7.36. The molecule has 1 heterocycles. The molecule has 0 saturated heterocycles. The average Bonchev–Trinajstić information content (AvgIpc) is 3.03. The van der Waals surface area contributed by atoms with Crippen molar-refractivity contribution < 1.29 is 14.3 Å². The van der Waals surface area contributed by atoms with Crippen molar-refractivity contribution in [1.82, 2.24) is 5.32 Å². The smallest absolute Gasteiger partial charge is 0.348 e. The van der Waals surface area contributed by atoms with E-state index in [1.807, 2.05) is 25.1 Å². The molecule has 26 heavy (non-hydrogen) atoms. The Bertz CT molecular complexity index is 800. The number of amides is 1. The van der Waals surface area contributed by atoms with Crippen molar-refractivity contribution in [3.8, 4) is 0 Å². The van der Waals surface area contributed by atoms with Crippen LogP contribution in [0.15, 0.2) is 30.3 Å². The largest absolute Gasteiger partial charge is 0.451 e. The van der Waals surface area contributed by atoms with E-state index in [0.29, 0.717) is 15.8 Å². The van der Waals surface area contributed by atoms with Gasteiger partial charge in [0.1, 0.15) is 4.88 Å². The molecule has 1 aromatic carbocycles. The van der Waals surface area contributed by atoms with Crippen LogP contribution in [0.1, 0.15) is 52.0 Å². The van der Waals surface area contributed by atoms with Gasteiger partial charge in [-0.1, -0.05) is 30.7 Å². The molecule has 0 aliphatic heterocycles. The van der Waals surface area contributed by atoms with Crippen LogP contribution in [-0.2, 0) is 22.4 Å². The molecule has 3 rings (SSSR count). The molecular formula is C20H22ClNO3S. The molecule has 2 atom stereocenters. The zero-order chi connectivity index (χ0) is 18.7. The van der Waals surface area contributed by atoms with Crippen molar-refractivity contribution in [1.29, 1.82) is 0 Å². The lowest BCUT2D eigenvalue weighted by Gasteiger charge is -2.16. The number of rotatable bonds is 5. The SMILES string of the molecule is C[C@H]1CCc2sc(C(=O)OCC(=O)N[C@H](C)c3ccc(Cl)cc3)cc2C1. The topological polar surface area (TPSA) is 55.4 Å². The van der Waals surface area contributed by atoms with Crippen LogP contribution in [-0.4, -0.2) is 18.5 Å². The van der Waals surface area contributed by atoms with E-state index < -0.39 is 5.97 Å². The number of halogens is 1. The molecule has 0 unspecified atom stereocenters. The Morgan fingerprint density at radius 3 is 2.81 bits per heavy atom. The molecule has 1 aliphatic rings. The van der Waals surface area contributed by atoms with Crippen molar-refractivity contribution in [3.63, 3.8) is 0 Å². The normalized spacial score (nSPS) is 17.3. The average molecular weight is 392 g/mol. The second-order valence-electron chi connectivity index (χ2n) is 6.82. The monoisotopic (exact) mass is 391 g/mol. The molecule has 1 N–H and O–H groups in total. The van der Waals surface area contributed by atoms with Crippen LogP contribution >= 0.6 is 22.9 Å². The zero-order valence-corrected chi connectivity index (χ0v) is 16.5. The van der Waals surface area contributed by atoms with E-state index in [0.717, 1.165) is 24.8 Å². The number of benzene rings is 1. The molecule has 0 bridgehead atoms. The minimum atomic E-state index is -0.425. The fourth-order valence-electron chi connectivity index (χ4n) is 3.13. The number of carbonyl (C=O) groups excluding carboxylic acids is 2. The van der Waals surface area contributed by atoms with Gasteiger partial charge in [-0.3, -0.25) is 4.79 Å². The van der Waals surface area contributed by atoms with Gasteiger partial charge in [-0.25, -0.2) is 4.79 Å². The number of aryl methyl sites for hydroxylation is 1. The summed E-state index contributed by atoms with van der Waals surface area (Å²) in [4.78, 5) is 26.2. The summed E-state index contributed by atoms with van der Waals surface area (Å²) in [5.41, 5.74) is 2.19. The summed E-state index contributed by atoms with van der Waals surface area (Å²) < 4.78 is 5.19. The molecule has 6 heteroatoms. The highest BCUT2D eigenvalue weighted by atomic mass is 35.5. The number of nitrogens with one attached hydrogen (secondary N) is 1. The third-order valence-electron chi connectivity index (χ3n) is 4.61. The van der Waals surface area contributed by atoms with Gasteiger partial charge in [-0.15, -0.1) is 11.3 Å². The highest BCUT2D eigenvalue weighted by Crippen LogP contribution is 2.32. The fourth-order valence-corrected chi connectivity index (χ4v) is 4.35. The Morgan fingerprint density at radius 1 is 1.35 bits per heavy atom. The van der Waals surface area contributed by atoms with Gasteiger partial charge in [0.25, 0.3) is 5.91 Å². The lowest BCUT2D eigenvalue weighted by molar-refractivity contribution is -0.124. The number of fused-ring (bicyclic) bond motifs is 1. The number of carbonyl (C=O) groups is 2. The van der Waals surface area contributed by atoms with Crippen molar-refractivity contribution >= 4 is 34.8 Å². The summed E-state index contributed by atoms with van der Waals surface area (Å²) in [5.74, 6) is -0.0943. The van der Waals surface area contributed by atoms with Crippen LogP contribution in [0, 0.1) is 5.92 Å². The van der Waals surface area contributed by atoms with E-state index in [1.54, 1.807) is 12.1 Å². The number of ether oxygens (including phenoxy) is 1. The molecule has 0 spiro atoms. The number of thiophene rings is 1. The van der Waals surface area contributed by atoms with Gasteiger partial charge in [0.05, 0.1) is 6.04 Å². The van der Waals surface area contributed by atoms with E-state index in [-0.39, 0.29) is 18.6 Å². The Morgan fingerprint density at radius 2 is 2.08 bits per heavy atom. The van der Waals surface area contributed by atoms with E-state index in [2.05, 4.69) is 12.2 Å². The van der Waals surface area contributed by atoms with Crippen molar-refractivity contribution in [3.05, 3.63) is 56.2 Å². The predicted molar refractivity (Wildman–Crippen MR) is 104 cm³/mol. The van der Waals surface area contributed by atoms with Crippen molar-refractivity contribution in [2.24, 2.45) is 5.92 Å². The molecule has 138 valence electrons. The summed E-state index contributed by atoms with van der Waals surface area (Å²) in [6.07, 6.45) is 3.19. The molecule has 0 fully saturated rings. The minimum Gasteiger partial charge on any atom is -0.451 e. The highest BCUT2D eigenvalue weighted by molar-refractivity contribution is 7.14. The summed E-state index contributed by atoms with van der Waals surface area (Å²) in [7, 11) is 0. The van der Waals surface area contributed by atoms with Crippen LogP contribution in [0.4, 0.5) is 0 Å². The van der Waals surface area contributed by atoms with Crippen LogP contribution in [0.25, 0.3) is 0 Å². The molecule has 1 aliphatic carbocycles. The van der Waals surface area contributed by atoms with Gasteiger partial charge in [-0.05, 0) is 61.4 Å². The number of esters is 1. The van der Waals surface area contributed by atoms with Gasteiger partial charge in [-0.2, -0.15) is 0 Å². The molecule has 1 amide bonds. The first-order valence-corrected chi connectivity index (χ1v) is 9.95. The van der Waals surface area contributed by atoms with E-state index in [4.69, 9.17) is 16.3 Å². The first-order chi connectivity index (χ1) is 12.4. The Balaban J connectivity index is 1.51. The minimum absolute atomic E-state index is 0.186. The van der Waals surface area contributed by atoms with Gasteiger partial charge in [0.2, 0.25) is 0 Å². The van der Waals surface area contributed by atoms with Gasteiger partial charge < -0.3 is 10.1 Å². The van der Waals surface area contributed by atoms with Crippen molar-refractivity contribution in [2.75, 3.05) is 6.61 Å². The maximum Gasteiger partial charge on any atom is 0.348 e. The molecule has 1 aromatic heterocycles. The third kappa shape index (κ3) is 4.65. The Hall–Kier alpha value is -1.85. The predicted octanol–water partition coefficient (Wildman–Crippen LogP) is 4.56. The van der Waals surface area contributed by atoms with E-state index >= 15 is 0 Å². The molecule has 0 radical (unpaired) electrons. The van der Waals surface area contributed by atoms with E-state index in [1.165, 1.54) is 21.8 Å². The third-order valence-corrected chi connectivity index (χ3v) is 6.08.